The van der Waals surface area contributed by atoms with Gasteiger partial charge < -0.3 is 10.1 Å². The van der Waals surface area contributed by atoms with Crippen molar-refractivity contribution in [1.82, 2.24) is 14.5 Å². The maximum Gasteiger partial charge on any atom is 0.416 e. The summed E-state index contributed by atoms with van der Waals surface area (Å²) in [5, 5.41) is 3.41. The van der Waals surface area contributed by atoms with E-state index in [0.717, 1.165) is 47.4 Å². The van der Waals surface area contributed by atoms with Gasteiger partial charge in [0, 0.05) is 30.2 Å². The molecule has 0 spiro atoms. The number of methoxy groups -OCH3 is 1. The van der Waals surface area contributed by atoms with E-state index in [1.54, 1.807) is 31.4 Å². The Morgan fingerprint density at radius 1 is 1.07 bits per heavy atom. The molecule has 6 rings (SSSR count). The highest BCUT2D eigenvalue weighted by atomic mass is 32.2. The Bertz CT molecular complexity index is 1870. The Morgan fingerprint density at radius 3 is 2.57 bits per heavy atom. The van der Waals surface area contributed by atoms with E-state index in [9.17, 15) is 22.8 Å². The van der Waals surface area contributed by atoms with Gasteiger partial charge in [-0.25, -0.2) is 4.98 Å². The number of nitrogens with one attached hydrogen (secondary N) is 1. The Morgan fingerprint density at radius 2 is 1.84 bits per heavy atom. The molecule has 0 atom stereocenters. The van der Waals surface area contributed by atoms with Crippen molar-refractivity contribution in [3.05, 3.63) is 111 Å². The number of carbonyl (C=O) groups is 1. The average Bonchev–Trinajstić information content (AvgIpc) is 3.38. The molecule has 12 heteroatoms. The highest BCUT2D eigenvalue weighted by Crippen LogP contribution is 2.35. The molecular formula is C32H27F3N4O3S2. The van der Waals surface area contributed by atoms with Crippen molar-refractivity contribution in [3.8, 4) is 11.4 Å². The summed E-state index contributed by atoms with van der Waals surface area (Å²) >= 11 is 2.54. The number of carbonyl (C=O) groups excluding carboxylic acids is 1. The van der Waals surface area contributed by atoms with Crippen LogP contribution in [-0.4, -0.2) is 39.8 Å². The fraction of sp³-hybridized carbons (Fsp3) is 0.219. The lowest BCUT2D eigenvalue weighted by molar-refractivity contribution is -0.137. The van der Waals surface area contributed by atoms with Crippen molar-refractivity contribution in [1.29, 1.82) is 0 Å². The summed E-state index contributed by atoms with van der Waals surface area (Å²) in [6, 6.07) is 21.7. The fourth-order valence-corrected chi connectivity index (χ4v) is 7.33. The summed E-state index contributed by atoms with van der Waals surface area (Å²) in [6.07, 6.45) is -3.81. The molecule has 1 aliphatic rings. The first-order valence-electron chi connectivity index (χ1n) is 13.8. The van der Waals surface area contributed by atoms with Crippen LogP contribution in [-0.2, 0) is 30.5 Å². The molecule has 0 aliphatic carbocycles. The molecule has 0 fully saturated rings. The van der Waals surface area contributed by atoms with Crippen molar-refractivity contribution in [3.63, 3.8) is 0 Å². The highest BCUT2D eigenvalue weighted by molar-refractivity contribution is 7.99. The lowest BCUT2D eigenvalue weighted by Gasteiger charge is -2.26. The molecule has 2 aromatic heterocycles. The van der Waals surface area contributed by atoms with Crippen molar-refractivity contribution >= 4 is 44.9 Å². The van der Waals surface area contributed by atoms with Crippen LogP contribution >= 0.6 is 23.1 Å². The molecule has 44 heavy (non-hydrogen) atoms. The Kier molecular flexibility index (Phi) is 8.48. The quantitative estimate of drug-likeness (QED) is 0.150. The number of anilines is 1. The summed E-state index contributed by atoms with van der Waals surface area (Å²) in [6.45, 7) is 2.32. The highest BCUT2D eigenvalue weighted by Gasteiger charge is 2.30. The van der Waals surface area contributed by atoms with Crippen LogP contribution < -0.4 is 15.6 Å². The van der Waals surface area contributed by atoms with Gasteiger partial charge in [-0.3, -0.25) is 19.1 Å². The minimum absolute atomic E-state index is 0.0346. The lowest BCUT2D eigenvalue weighted by Crippen LogP contribution is -2.30. The molecule has 1 amide bonds. The second kappa shape index (κ2) is 12.5. The number of hydrogen-bond acceptors (Lipinski definition) is 7. The van der Waals surface area contributed by atoms with Gasteiger partial charge in [0.1, 0.15) is 10.6 Å². The van der Waals surface area contributed by atoms with Crippen molar-refractivity contribution in [2.75, 3.05) is 24.7 Å². The number of alkyl halides is 3. The number of halogens is 3. The van der Waals surface area contributed by atoms with Crippen LogP contribution in [0.5, 0.6) is 5.75 Å². The minimum atomic E-state index is -4.53. The summed E-state index contributed by atoms with van der Waals surface area (Å²) < 4.78 is 46.2. The second-order valence-corrected chi connectivity index (χ2v) is 12.3. The van der Waals surface area contributed by atoms with Crippen LogP contribution in [0.3, 0.4) is 0 Å². The number of benzene rings is 3. The number of fused-ring (bicyclic) bond motifs is 3. The summed E-state index contributed by atoms with van der Waals surface area (Å²) in [5.74, 6) is -0.0655. The Balaban J connectivity index is 1.31. The van der Waals surface area contributed by atoms with Crippen LogP contribution in [0.2, 0.25) is 0 Å². The smallest absolute Gasteiger partial charge is 0.416 e. The number of nitrogens with zero attached hydrogens (tertiary/aromatic N) is 3. The van der Waals surface area contributed by atoms with Crippen molar-refractivity contribution in [2.24, 2.45) is 0 Å². The summed E-state index contributed by atoms with van der Waals surface area (Å²) in [7, 11) is 1.55. The first-order chi connectivity index (χ1) is 21.2. The third-order valence-corrected chi connectivity index (χ3v) is 9.36. The van der Waals surface area contributed by atoms with Gasteiger partial charge >= 0.3 is 6.18 Å². The van der Waals surface area contributed by atoms with Crippen LogP contribution in [0, 0.1) is 0 Å². The Hall–Kier alpha value is -4.13. The van der Waals surface area contributed by atoms with Crippen LogP contribution in [0.4, 0.5) is 18.9 Å². The normalized spacial score (nSPS) is 13.5. The SMILES string of the molecule is COc1ccc(-n2c(SCC(=O)Nc3cccc(C(F)(F)F)c3)nc3sc4c(c3c2=O)CCN(Cc2ccccc2)C4)cc1. The fourth-order valence-electron chi connectivity index (χ4n) is 5.21. The van der Waals surface area contributed by atoms with Crippen LogP contribution in [0.15, 0.2) is 88.8 Å². The van der Waals surface area contributed by atoms with E-state index < -0.39 is 17.6 Å². The van der Waals surface area contributed by atoms with Gasteiger partial charge in [-0.15, -0.1) is 11.3 Å². The second-order valence-electron chi connectivity index (χ2n) is 10.3. The van der Waals surface area contributed by atoms with Gasteiger partial charge in [-0.2, -0.15) is 13.2 Å². The number of ether oxygens (including phenoxy) is 1. The standard InChI is InChI=1S/C32H27F3N4O3S2/c1-42-24-12-10-23(11-13-24)39-30(41)28-25-14-15-38(17-20-6-3-2-4-7-20)18-26(25)44-29(28)37-31(39)43-19-27(40)36-22-9-5-8-21(16-22)32(33,34)35/h2-13,16H,14-15,17-19H2,1H3,(H,36,40). The number of thiophene rings is 1. The molecule has 0 unspecified atom stereocenters. The summed E-state index contributed by atoms with van der Waals surface area (Å²) in [5.41, 5.74) is 1.74. The van der Waals surface area contributed by atoms with Gasteiger partial charge in [0.25, 0.3) is 5.56 Å². The molecule has 3 aromatic carbocycles. The lowest BCUT2D eigenvalue weighted by atomic mass is 10.0. The number of aromatic nitrogens is 2. The third-order valence-electron chi connectivity index (χ3n) is 7.31. The molecule has 0 bridgehead atoms. The zero-order chi connectivity index (χ0) is 30.8. The monoisotopic (exact) mass is 636 g/mol. The number of thioether (sulfide) groups is 1. The number of rotatable bonds is 8. The maximum absolute atomic E-state index is 14.1. The molecule has 3 heterocycles. The first-order valence-corrected chi connectivity index (χ1v) is 15.6. The first kappa shape index (κ1) is 29.9. The molecule has 1 N–H and O–H groups in total. The van der Waals surface area contributed by atoms with Crippen LogP contribution in [0.1, 0.15) is 21.6 Å². The van der Waals surface area contributed by atoms with Crippen molar-refractivity contribution < 1.29 is 22.7 Å². The van der Waals surface area contributed by atoms with E-state index in [1.165, 1.54) is 33.6 Å². The number of hydrogen-bond donors (Lipinski definition) is 1. The van der Waals surface area contributed by atoms with E-state index in [0.29, 0.717) is 39.8 Å². The molecular weight excluding hydrogens is 610 g/mol. The minimum Gasteiger partial charge on any atom is -0.497 e. The predicted molar refractivity (Wildman–Crippen MR) is 167 cm³/mol. The zero-order valence-electron chi connectivity index (χ0n) is 23.6. The number of amides is 1. The zero-order valence-corrected chi connectivity index (χ0v) is 25.2. The van der Waals surface area contributed by atoms with Crippen molar-refractivity contribution in [2.45, 2.75) is 30.8 Å². The molecule has 0 radical (unpaired) electrons. The van der Waals surface area contributed by atoms with Gasteiger partial charge in [0.2, 0.25) is 5.91 Å². The van der Waals surface area contributed by atoms with E-state index in [2.05, 4.69) is 22.3 Å². The molecule has 5 aromatic rings. The van der Waals surface area contributed by atoms with Crippen LogP contribution in [0.25, 0.3) is 15.9 Å². The van der Waals surface area contributed by atoms with Gasteiger partial charge in [-0.05, 0) is 60.0 Å². The van der Waals surface area contributed by atoms with Gasteiger partial charge in [-0.1, -0.05) is 48.2 Å². The topological polar surface area (TPSA) is 76.5 Å². The maximum atomic E-state index is 14.1. The molecule has 0 saturated carbocycles. The summed E-state index contributed by atoms with van der Waals surface area (Å²) in [4.78, 5) is 35.9. The molecule has 226 valence electrons. The third kappa shape index (κ3) is 6.37. The molecule has 1 aliphatic heterocycles. The molecule has 0 saturated heterocycles. The predicted octanol–water partition coefficient (Wildman–Crippen LogP) is 6.76. The van der Waals surface area contributed by atoms with E-state index in [-0.39, 0.29) is 17.0 Å². The van der Waals surface area contributed by atoms with Gasteiger partial charge in [0.05, 0.1) is 29.5 Å². The van der Waals surface area contributed by atoms with E-state index >= 15 is 0 Å². The molecule has 7 nitrogen and oxygen atoms in total. The Labute approximate surface area is 259 Å². The van der Waals surface area contributed by atoms with E-state index in [1.807, 2.05) is 18.2 Å². The average molecular weight is 637 g/mol. The largest absolute Gasteiger partial charge is 0.497 e. The van der Waals surface area contributed by atoms with Gasteiger partial charge in [0.15, 0.2) is 5.16 Å². The van der Waals surface area contributed by atoms with E-state index in [4.69, 9.17) is 9.72 Å².